The van der Waals surface area contributed by atoms with E-state index in [-0.39, 0.29) is 11.4 Å². The Morgan fingerprint density at radius 1 is 1.32 bits per heavy atom. The number of non-ortho nitro benzene ring substituents is 1. The predicted octanol–water partition coefficient (Wildman–Crippen LogP) is 2.81. The quantitative estimate of drug-likeness (QED) is 0.277. The number of nitro benzene ring substituents is 1. The Balaban J connectivity index is 2.03. The monoisotopic (exact) mass is 259 g/mol. The highest BCUT2D eigenvalue weighted by molar-refractivity contribution is 5.88. The lowest BCUT2D eigenvalue weighted by Crippen LogP contribution is -2.03. The van der Waals surface area contributed by atoms with Gasteiger partial charge in [-0.05, 0) is 24.3 Å². The van der Waals surface area contributed by atoms with Crippen LogP contribution in [0.25, 0.3) is 6.08 Å². The molecule has 0 radical (unpaired) electrons. The van der Waals surface area contributed by atoms with Gasteiger partial charge >= 0.3 is 5.97 Å². The second kappa shape index (κ2) is 5.63. The fourth-order valence-electron chi connectivity index (χ4n) is 1.35. The number of furan rings is 1. The van der Waals surface area contributed by atoms with Gasteiger partial charge in [-0.3, -0.25) is 10.1 Å². The van der Waals surface area contributed by atoms with Crippen LogP contribution < -0.4 is 4.74 Å². The van der Waals surface area contributed by atoms with E-state index in [0.717, 1.165) is 0 Å². The number of benzene rings is 1. The molecule has 1 heterocycles. The maximum Gasteiger partial charge on any atom is 0.336 e. The maximum absolute atomic E-state index is 11.5. The second-order valence-electron chi connectivity index (χ2n) is 3.52. The normalized spacial score (nSPS) is 10.5. The molecular weight excluding hydrogens is 250 g/mol. The van der Waals surface area contributed by atoms with Gasteiger partial charge in [0.15, 0.2) is 0 Å². The molecule has 0 saturated carbocycles. The standard InChI is InChI=1S/C13H9NO5/c15-13(7-6-11-5-2-8-18-11)19-12-4-1-3-10(9-12)14(16)17/h1-9H. The summed E-state index contributed by atoms with van der Waals surface area (Å²) in [7, 11) is 0. The van der Waals surface area contributed by atoms with Crippen LogP contribution in [0.2, 0.25) is 0 Å². The molecule has 0 saturated heterocycles. The third kappa shape index (κ3) is 3.53. The molecule has 0 bridgehead atoms. The number of carbonyl (C=O) groups is 1. The first-order valence-electron chi connectivity index (χ1n) is 5.33. The summed E-state index contributed by atoms with van der Waals surface area (Å²) in [5.74, 6) is -0.0174. The van der Waals surface area contributed by atoms with Crippen molar-refractivity contribution in [3.8, 4) is 5.75 Å². The zero-order valence-corrected chi connectivity index (χ0v) is 9.68. The average Bonchev–Trinajstić information content (AvgIpc) is 2.90. The van der Waals surface area contributed by atoms with Gasteiger partial charge in [0, 0.05) is 12.1 Å². The molecule has 2 rings (SSSR count). The van der Waals surface area contributed by atoms with E-state index >= 15 is 0 Å². The van der Waals surface area contributed by atoms with Crippen molar-refractivity contribution in [2.24, 2.45) is 0 Å². The Bertz CT molecular complexity index is 616. The minimum absolute atomic E-state index is 0.114. The van der Waals surface area contributed by atoms with Crippen LogP contribution >= 0.6 is 0 Å². The Morgan fingerprint density at radius 3 is 2.84 bits per heavy atom. The van der Waals surface area contributed by atoms with E-state index < -0.39 is 10.9 Å². The number of nitrogens with zero attached hydrogens (tertiary/aromatic N) is 1. The Kier molecular flexibility index (Phi) is 3.72. The van der Waals surface area contributed by atoms with Crippen LogP contribution in [0.3, 0.4) is 0 Å². The summed E-state index contributed by atoms with van der Waals surface area (Å²) in [5.41, 5.74) is -0.139. The van der Waals surface area contributed by atoms with Crippen LogP contribution in [0.5, 0.6) is 5.75 Å². The molecule has 0 N–H and O–H groups in total. The summed E-state index contributed by atoms with van der Waals surface area (Å²) >= 11 is 0. The molecule has 0 aliphatic rings. The van der Waals surface area contributed by atoms with Gasteiger partial charge in [-0.2, -0.15) is 0 Å². The number of hydrogen-bond donors (Lipinski definition) is 0. The van der Waals surface area contributed by atoms with Crippen molar-refractivity contribution >= 4 is 17.7 Å². The fourth-order valence-corrected chi connectivity index (χ4v) is 1.35. The molecular formula is C13H9NO5. The zero-order valence-electron chi connectivity index (χ0n) is 9.68. The van der Waals surface area contributed by atoms with E-state index in [0.29, 0.717) is 5.76 Å². The third-order valence-electron chi connectivity index (χ3n) is 2.17. The van der Waals surface area contributed by atoms with Crippen molar-refractivity contribution in [3.05, 3.63) is 64.6 Å². The van der Waals surface area contributed by atoms with Crippen LogP contribution in [-0.4, -0.2) is 10.9 Å². The molecule has 2 aromatic rings. The number of hydrogen-bond acceptors (Lipinski definition) is 5. The van der Waals surface area contributed by atoms with Gasteiger partial charge in [0.25, 0.3) is 5.69 Å². The van der Waals surface area contributed by atoms with E-state index in [4.69, 9.17) is 9.15 Å². The van der Waals surface area contributed by atoms with E-state index in [9.17, 15) is 14.9 Å². The average molecular weight is 259 g/mol. The van der Waals surface area contributed by atoms with Gasteiger partial charge in [-0.25, -0.2) is 4.79 Å². The minimum atomic E-state index is -0.642. The first-order valence-corrected chi connectivity index (χ1v) is 5.33. The Morgan fingerprint density at radius 2 is 2.16 bits per heavy atom. The summed E-state index contributed by atoms with van der Waals surface area (Å²) in [6, 6.07) is 8.76. The summed E-state index contributed by atoms with van der Waals surface area (Å²) < 4.78 is 9.93. The molecule has 0 fully saturated rings. The molecule has 0 aliphatic heterocycles. The highest BCUT2D eigenvalue weighted by atomic mass is 16.6. The molecule has 1 aromatic carbocycles. The van der Waals surface area contributed by atoms with E-state index in [1.807, 2.05) is 0 Å². The van der Waals surface area contributed by atoms with Gasteiger partial charge in [-0.15, -0.1) is 0 Å². The molecule has 96 valence electrons. The topological polar surface area (TPSA) is 82.6 Å². The van der Waals surface area contributed by atoms with Crippen LogP contribution in [0.15, 0.2) is 53.2 Å². The second-order valence-corrected chi connectivity index (χ2v) is 3.52. The van der Waals surface area contributed by atoms with Crippen molar-refractivity contribution in [3.63, 3.8) is 0 Å². The maximum atomic E-state index is 11.5. The Hall–Kier alpha value is -2.89. The summed E-state index contributed by atoms with van der Waals surface area (Å²) in [6.45, 7) is 0. The summed E-state index contributed by atoms with van der Waals surface area (Å²) in [5, 5.41) is 10.6. The lowest BCUT2D eigenvalue weighted by Gasteiger charge is -2.00. The van der Waals surface area contributed by atoms with Crippen molar-refractivity contribution in [2.45, 2.75) is 0 Å². The van der Waals surface area contributed by atoms with Crippen LogP contribution in [-0.2, 0) is 4.79 Å². The van der Waals surface area contributed by atoms with E-state index in [1.54, 1.807) is 12.1 Å². The molecule has 6 heteroatoms. The number of rotatable bonds is 4. The molecule has 19 heavy (non-hydrogen) atoms. The zero-order chi connectivity index (χ0) is 13.7. The van der Waals surface area contributed by atoms with Crippen LogP contribution in [0, 0.1) is 10.1 Å². The van der Waals surface area contributed by atoms with Gasteiger partial charge < -0.3 is 9.15 Å². The number of carbonyl (C=O) groups excluding carboxylic acids is 1. The van der Waals surface area contributed by atoms with Gasteiger partial charge in [-0.1, -0.05) is 6.07 Å². The lowest BCUT2D eigenvalue weighted by molar-refractivity contribution is -0.384. The number of esters is 1. The van der Waals surface area contributed by atoms with Crippen molar-refractivity contribution in [1.82, 2.24) is 0 Å². The predicted molar refractivity (Wildman–Crippen MR) is 66.5 cm³/mol. The van der Waals surface area contributed by atoms with E-state index in [1.165, 1.54) is 42.7 Å². The largest absolute Gasteiger partial charge is 0.465 e. The SMILES string of the molecule is O=C(C=Cc1ccco1)Oc1cccc([N+](=O)[O-])c1. The smallest absolute Gasteiger partial charge is 0.336 e. The molecule has 1 aromatic heterocycles. The minimum Gasteiger partial charge on any atom is -0.465 e. The molecule has 0 spiro atoms. The van der Waals surface area contributed by atoms with Crippen LogP contribution in [0.4, 0.5) is 5.69 Å². The van der Waals surface area contributed by atoms with Crippen LogP contribution in [0.1, 0.15) is 5.76 Å². The number of nitro groups is 1. The first-order chi connectivity index (χ1) is 9.15. The van der Waals surface area contributed by atoms with Crippen molar-refractivity contribution in [2.75, 3.05) is 0 Å². The van der Waals surface area contributed by atoms with Crippen molar-refractivity contribution < 1.29 is 18.9 Å². The molecule has 0 aliphatic carbocycles. The van der Waals surface area contributed by atoms with Gasteiger partial charge in [0.1, 0.15) is 11.5 Å². The third-order valence-corrected chi connectivity index (χ3v) is 2.17. The fraction of sp³-hybridized carbons (Fsp3) is 0. The highest BCUT2D eigenvalue weighted by Gasteiger charge is 2.08. The molecule has 6 nitrogen and oxygen atoms in total. The van der Waals surface area contributed by atoms with Gasteiger partial charge in [0.2, 0.25) is 0 Å². The van der Waals surface area contributed by atoms with E-state index in [2.05, 4.69) is 0 Å². The summed E-state index contributed by atoms with van der Waals surface area (Å²) in [6.07, 6.45) is 4.10. The summed E-state index contributed by atoms with van der Waals surface area (Å²) in [4.78, 5) is 21.5. The lowest BCUT2D eigenvalue weighted by atomic mass is 10.3. The number of ether oxygens (including phenoxy) is 1. The highest BCUT2D eigenvalue weighted by Crippen LogP contribution is 2.19. The molecule has 0 unspecified atom stereocenters. The van der Waals surface area contributed by atoms with Gasteiger partial charge in [0.05, 0.1) is 17.3 Å². The van der Waals surface area contributed by atoms with Crippen molar-refractivity contribution in [1.29, 1.82) is 0 Å². The Labute approximate surface area is 108 Å². The first kappa shape index (κ1) is 12.6. The molecule has 0 amide bonds. The molecule has 0 atom stereocenters.